The predicted molar refractivity (Wildman–Crippen MR) is 64.2 cm³/mol. The first-order valence-electron chi connectivity index (χ1n) is 6.10. The van der Waals surface area contributed by atoms with E-state index in [0.29, 0.717) is 24.0 Å². The standard InChI is InChI=1S/C14H19F3/c1-4-6-11-8-9-12(7-5-2)13(10(11)3)14(15,16)17/h8-9H,4-7H2,1-3H3. The summed E-state index contributed by atoms with van der Waals surface area (Å²) in [6.45, 7) is 5.47. The number of rotatable bonds is 4. The fourth-order valence-corrected chi connectivity index (χ4v) is 2.22. The number of halogens is 3. The summed E-state index contributed by atoms with van der Waals surface area (Å²) in [5, 5.41) is 0. The normalized spacial score (nSPS) is 11.9. The van der Waals surface area contributed by atoms with E-state index in [9.17, 15) is 13.2 Å². The van der Waals surface area contributed by atoms with Gasteiger partial charge in [-0.1, -0.05) is 38.8 Å². The first kappa shape index (κ1) is 14.1. The molecule has 0 atom stereocenters. The first-order valence-corrected chi connectivity index (χ1v) is 6.10. The molecule has 0 aliphatic rings. The van der Waals surface area contributed by atoms with Crippen LogP contribution in [0.15, 0.2) is 12.1 Å². The average molecular weight is 244 g/mol. The zero-order chi connectivity index (χ0) is 13.1. The van der Waals surface area contributed by atoms with Crippen LogP contribution in [0.25, 0.3) is 0 Å². The number of hydrogen-bond acceptors (Lipinski definition) is 0. The van der Waals surface area contributed by atoms with Crippen LogP contribution < -0.4 is 0 Å². The van der Waals surface area contributed by atoms with Gasteiger partial charge in [-0.05, 0) is 36.5 Å². The van der Waals surface area contributed by atoms with E-state index in [1.165, 1.54) is 0 Å². The van der Waals surface area contributed by atoms with Crippen LogP contribution in [0.4, 0.5) is 13.2 Å². The second-order valence-corrected chi connectivity index (χ2v) is 4.38. The number of benzene rings is 1. The summed E-state index contributed by atoms with van der Waals surface area (Å²) in [6, 6.07) is 3.49. The molecule has 96 valence electrons. The molecule has 0 saturated carbocycles. The van der Waals surface area contributed by atoms with Crippen LogP contribution in [0.3, 0.4) is 0 Å². The van der Waals surface area contributed by atoms with E-state index in [0.717, 1.165) is 18.4 Å². The van der Waals surface area contributed by atoms with E-state index < -0.39 is 11.7 Å². The van der Waals surface area contributed by atoms with Gasteiger partial charge in [0.2, 0.25) is 0 Å². The van der Waals surface area contributed by atoms with Crippen LogP contribution in [-0.4, -0.2) is 0 Å². The fourth-order valence-electron chi connectivity index (χ4n) is 2.22. The molecule has 3 heteroatoms. The Hall–Kier alpha value is -0.990. The van der Waals surface area contributed by atoms with E-state index in [1.54, 1.807) is 13.0 Å². The fraction of sp³-hybridized carbons (Fsp3) is 0.571. The van der Waals surface area contributed by atoms with Crippen LogP contribution in [0.1, 0.15) is 48.9 Å². The van der Waals surface area contributed by atoms with Crippen molar-refractivity contribution in [1.29, 1.82) is 0 Å². The lowest BCUT2D eigenvalue weighted by molar-refractivity contribution is -0.138. The quantitative estimate of drug-likeness (QED) is 0.705. The third kappa shape index (κ3) is 3.24. The Morgan fingerprint density at radius 3 is 1.88 bits per heavy atom. The van der Waals surface area contributed by atoms with Crippen LogP contribution >= 0.6 is 0 Å². The summed E-state index contributed by atoms with van der Waals surface area (Å²) < 4.78 is 39.2. The number of aryl methyl sites for hydroxylation is 2. The molecule has 0 bridgehead atoms. The van der Waals surface area contributed by atoms with Gasteiger partial charge in [0.1, 0.15) is 0 Å². The smallest absolute Gasteiger partial charge is 0.166 e. The van der Waals surface area contributed by atoms with Gasteiger partial charge in [-0.2, -0.15) is 13.2 Å². The molecule has 0 amide bonds. The van der Waals surface area contributed by atoms with Crippen molar-refractivity contribution < 1.29 is 13.2 Å². The van der Waals surface area contributed by atoms with Crippen LogP contribution in [0.2, 0.25) is 0 Å². The van der Waals surface area contributed by atoms with Crippen LogP contribution in [-0.2, 0) is 19.0 Å². The highest BCUT2D eigenvalue weighted by atomic mass is 19.4. The number of hydrogen-bond donors (Lipinski definition) is 0. The maximum Gasteiger partial charge on any atom is 0.416 e. The SMILES string of the molecule is CCCc1ccc(CCC)c(C(F)(F)F)c1C. The van der Waals surface area contributed by atoms with Crippen molar-refractivity contribution in [1.82, 2.24) is 0 Å². The van der Waals surface area contributed by atoms with Crippen molar-refractivity contribution >= 4 is 0 Å². The second-order valence-electron chi connectivity index (χ2n) is 4.38. The molecule has 0 saturated heterocycles. The molecule has 0 aliphatic carbocycles. The van der Waals surface area contributed by atoms with Gasteiger partial charge in [-0.3, -0.25) is 0 Å². The molecule has 0 N–H and O–H groups in total. The van der Waals surface area contributed by atoms with Crippen molar-refractivity contribution in [3.05, 3.63) is 34.4 Å². The number of alkyl halides is 3. The molecule has 0 aliphatic heterocycles. The molecular formula is C14H19F3. The Balaban J connectivity index is 3.31. The summed E-state index contributed by atoms with van der Waals surface area (Å²) in [4.78, 5) is 0. The lowest BCUT2D eigenvalue weighted by Crippen LogP contribution is -2.13. The lowest BCUT2D eigenvalue weighted by Gasteiger charge is -2.18. The van der Waals surface area contributed by atoms with Gasteiger partial charge in [0, 0.05) is 0 Å². The van der Waals surface area contributed by atoms with Gasteiger partial charge in [0.25, 0.3) is 0 Å². The maximum absolute atomic E-state index is 13.1. The maximum atomic E-state index is 13.1. The Morgan fingerprint density at radius 2 is 1.41 bits per heavy atom. The molecule has 1 aromatic rings. The van der Waals surface area contributed by atoms with Gasteiger partial charge < -0.3 is 0 Å². The van der Waals surface area contributed by atoms with Crippen LogP contribution in [0, 0.1) is 6.92 Å². The van der Waals surface area contributed by atoms with Gasteiger partial charge in [-0.25, -0.2) is 0 Å². The highest BCUT2D eigenvalue weighted by molar-refractivity contribution is 5.42. The minimum absolute atomic E-state index is 0.408. The highest BCUT2D eigenvalue weighted by Gasteiger charge is 2.35. The minimum Gasteiger partial charge on any atom is -0.166 e. The van der Waals surface area contributed by atoms with Crippen molar-refractivity contribution in [3.63, 3.8) is 0 Å². The molecule has 0 nitrogen and oxygen atoms in total. The Labute approximate surface area is 101 Å². The predicted octanol–water partition coefficient (Wildman–Crippen LogP) is 4.92. The second kappa shape index (κ2) is 5.56. The topological polar surface area (TPSA) is 0 Å². The van der Waals surface area contributed by atoms with E-state index in [-0.39, 0.29) is 0 Å². The summed E-state index contributed by atoms with van der Waals surface area (Å²) in [5.41, 5.74) is 1.24. The minimum atomic E-state index is -4.24. The summed E-state index contributed by atoms with van der Waals surface area (Å²) in [6.07, 6.45) is -1.44. The molecular weight excluding hydrogens is 225 g/mol. The molecule has 0 radical (unpaired) electrons. The summed E-state index contributed by atoms with van der Waals surface area (Å²) >= 11 is 0. The highest BCUT2D eigenvalue weighted by Crippen LogP contribution is 2.36. The Bertz CT molecular complexity index is 378. The van der Waals surface area contributed by atoms with Gasteiger partial charge in [0.05, 0.1) is 5.56 Å². The van der Waals surface area contributed by atoms with E-state index in [1.807, 2.05) is 19.9 Å². The van der Waals surface area contributed by atoms with Gasteiger partial charge >= 0.3 is 6.18 Å². The van der Waals surface area contributed by atoms with Crippen molar-refractivity contribution in [2.75, 3.05) is 0 Å². The molecule has 0 spiro atoms. The molecule has 0 aromatic heterocycles. The lowest BCUT2D eigenvalue weighted by atomic mass is 9.92. The summed E-state index contributed by atoms with van der Waals surface area (Å²) in [5.74, 6) is 0. The average Bonchev–Trinajstić information content (AvgIpc) is 2.21. The largest absolute Gasteiger partial charge is 0.416 e. The van der Waals surface area contributed by atoms with Crippen molar-refractivity contribution in [2.45, 2.75) is 52.6 Å². The first-order chi connectivity index (χ1) is 7.91. The zero-order valence-corrected chi connectivity index (χ0v) is 10.6. The Morgan fingerprint density at radius 1 is 0.941 bits per heavy atom. The third-order valence-electron chi connectivity index (χ3n) is 2.99. The molecule has 17 heavy (non-hydrogen) atoms. The van der Waals surface area contributed by atoms with Gasteiger partial charge in [-0.15, -0.1) is 0 Å². The summed E-state index contributed by atoms with van der Waals surface area (Å²) in [7, 11) is 0. The zero-order valence-electron chi connectivity index (χ0n) is 10.6. The Kier molecular flexibility index (Phi) is 4.61. The third-order valence-corrected chi connectivity index (χ3v) is 2.99. The molecule has 0 heterocycles. The molecule has 0 fully saturated rings. The van der Waals surface area contributed by atoms with E-state index in [2.05, 4.69) is 0 Å². The molecule has 1 rings (SSSR count). The molecule has 1 aromatic carbocycles. The monoisotopic (exact) mass is 244 g/mol. The van der Waals surface area contributed by atoms with Gasteiger partial charge in [0.15, 0.2) is 0 Å². The molecule has 0 unspecified atom stereocenters. The van der Waals surface area contributed by atoms with Crippen molar-refractivity contribution in [3.8, 4) is 0 Å². The van der Waals surface area contributed by atoms with Crippen LogP contribution in [0.5, 0.6) is 0 Å². The van der Waals surface area contributed by atoms with E-state index in [4.69, 9.17) is 0 Å². The van der Waals surface area contributed by atoms with E-state index >= 15 is 0 Å². The van der Waals surface area contributed by atoms with Crippen molar-refractivity contribution in [2.24, 2.45) is 0 Å².